The van der Waals surface area contributed by atoms with Crippen LogP contribution in [0.25, 0.3) is 0 Å². The van der Waals surface area contributed by atoms with Gasteiger partial charge in [0.15, 0.2) is 0 Å². The molecule has 0 radical (unpaired) electrons. The molecule has 2 saturated carbocycles. The molecule has 0 unspecified atom stereocenters. The van der Waals surface area contributed by atoms with Crippen LogP contribution in [0.3, 0.4) is 0 Å². The minimum atomic E-state index is -0.886. The number of nitrogens with zero attached hydrogens (tertiary/aromatic N) is 1. The largest absolute Gasteiger partial charge is 0.284 e. The van der Waals surface area contributed by atoms with Gasteiger partial charge in [0.2, 0.25) is 5.78 Å². The third-order valence-corrected chi connectivity index (χ3v) is 5.14. The molecule has 0 heterocycles. The zero-order valence-corrected chi connectivity index (χ0v) is 12.6. The van der Waals surface area contributed by atoms with E-state index in [0.29, 0.717) is 12.3 Å². The summed E-state index contributed by atoms with van der Waals surface area (Å²) in [4.78, 5) is 11.1. The molecule has 102 valence electrons. The smallest absolute Gasteiger partial charge is 0.210 e. The molecule has 0 saturated heterocycles. The van der Waals surface area contributed by atoms with Gasteiger partial charge in [-0.2, -0.15) is 5.26 Å². The Kier molecular flexibility index (Phi) is 3.44. The molecule has 2 aliphatic carbocycles. The number of nitriles is 1. The first-order valence-corrected chi connectivity index (χ1v) is 7.31. The molecule has 3 atom stereocenters. The summed E-state index contributed by atoms with van der Waals surface area (Å²) >= 11 is 6.45. The van der Waals surface area contributed by atoms with Gasteiger partial charge in [-0.3, -0.25) is 4.79 Å². The Morgan fingerprint density at radius 3 is 2.58 bits per heavy atom. The minimum Gasteiger partial charge on any atom is -0.284 e. The van der Waals surface area contributed by atoms with Crippen LogP contribution in [0.1, 0.15) is 52.9 Å². The zero-order valence-electron chi connectivity index (χ0n) is 11.8. The van der Waals surface area contributed by atoms with Crippen molar-refractivity contribution in [2.75, 3.05) is 0 Å². The van der Waals surface area contributed by atoms with Gasteiger partial charge in [0.1, 0.15) is 4.87 Å². The molecule has 0 amide bonds. The van der Waals surface area contributed by atoms with Crippen molar-refractivity contribution in [3.8, 4) is 17.9 Å². The zero-order chi connectivity index (χ0) is 14.3. The summed E-state index contributed by atoms with van der Waals surface area (Å²) in [5, 5.41) is 9.34. The number of carbonyl (C=O) groups excluding carboxylic acids is 1. The Labute approximate surface area is 120 Å². The fourth-order valence-corrected chi connectivity index (χ4v) is 3.68. The summed E-state index contributed by atoms with van der Waals surface area (Å²) in [6.45, 7) is 5.58. The van der Waals surface area contributed by atoms with Crippen LogP contribution in [0.15, 0.2) is 0 Å². The first kappa shape index (κ1) is 14.4. The number of Topliss-reactive ketones (excluding diaryl/α,β-unsaturated/α-hetero) is 1. The van der Waals surface area contributed by atoms with E-state index in [1.807, 2.05) is 20.8 Å². The summed E-state index contributed by atoms with van der Waals surface area (Å²) in [6.07, 6.45) is 4.86. The molecule has 0 N–H and O–H groups in total. The average molecular weight is 278 g/mol. The van der Waals surface area contributed by atoms with E-state index >= 15 is 0 Å². The highest BCUT2D eigenvalue weighted by molar-refractivity contribution is 6.27. The molecular weight excluding hydrogens is 258 g/mol. The Balaban J connectivity index is 2.32. The van der Waals surface area contributed by atoms with Crippen LogP contribution in [-0.2, 0) is 4.79 Å². The maximum atomic E-state index is 12.0. The SMILES string of the molecule is CC(C)(C)C(=O)C#C[C@]12CCCC[C@H]1C[C@@]2(Cl)C#N. The van der Waals surface area contributed by atoms with E-state index in [1.54, 1.807) is 0 Å². The Morgan fingerprint density at radius 1 is 1.37 bits per heavy atom. The summed E-state index contributed by atoms with van der Waals surface area (Å²) < 4.78 is 0. The monoisotopic (exact) mass is 277 g/mol. The van der Waals surface area contributed by atoms with Crippen LogP contribution in [-0.4, -0.2) is 10.7 Å². The molecular formula is C16H20ClNO. The predicted molar refractivity (Wildman–Crippen MR) is 75.4 cm³/mol. The van der Waals surface area contributed by atoms with Gasteiger partial charge in [-0.1, -0.05) is 39.5 Å². The molecule has 0 bridgehead atoms. The topological polar surface area (TPSA) is 40.9 Å². The standard InChI is InChI=1S/C16H20ClNO/c1-14(2,3)13(19)7-9-15-8-5-4-6-12(15)10-16(15,17)11-18/h12H,4-6,8,10H2,1-3H3/t12-,15+,16+/m0/s1. The van der Waals surface area contributed by atoms with Crippen molar-refractivity contribution < 1.29 is 4.79 Å². The summed E-state index contributed by atoms with van der Waals surface area (Å²) in [6, 6.07) is 2.23. The third kappa shape index (κ3) is 2.17. The lowest BCUT2D eigenvalue weighted by molar-refractivity contribution is -0.120. The lowest BCUT2D eigenvalue weighted by atomic mass is 9.48. The highest BCUT2D eigenvalue weighted by atomic mass is 35.5. The average Bonchev–Trinajstić information content (AvgIpc) is 2.34. The lowest BCUT2D eigenvalue weighted by Gasteiger charge is -2.57. The first-order chi connectivity index (χ1) is 8.75. The predicted octanol–water partition coefficient (Wildman–Crippen LogP) is 3.69. The number of ketones is 1. The van der Waals surface area contributed by atoms with E-state index in [9.17, 15) is 10.1 Å². The van der Waals surface area contributed by atoms with E-state index in [4.69, 9.17) is 11.6 Å². The highest BCUT2D eigenvalue weighted by Crippen LogP contribution is 2.64. The molecule has 3 heteroatoms. The molecule has 2 rings (SSSR count). The number of alkyl halides is 1. The van der Waals surface area contributed by atoms with Gasteiger partial charge in [0.25, 0.3) is 0 Å². The van der Waals surface area contributed by atoms with Crippen molar-refractivity contribution in [3.63, 3.8) is 0 Å². The Hall–Kier alpha value is -0.990. The molecule has 19 heavy (non-hydrogen) atoms. The molecule has 0 spiro atoms. The van der Waals surface area contributed by atoms with Crippen molar-refractivity contribution >= 4 is 17.4 Å². The fourth-order valence-electron chi connectivity index (χ4n) is 3.20. The van der Waals surface area contributed by atoms with E-state index in [0.717, 1.165) is 19.3 Å². The fraction of sp³-hybridized carbons (Fsp3) is 0.750. The second-order valence-electron chi connectivity index (χ2n) is 6.86. The van der Waals surface area contributed by atoms with Crippen LogP contribution >= 0.6 is 11.6 Å². The van der Waals surface area contributed by atoms with Gasteiger partial charge in [-0.05, 0) is 31.1 Å². The van der Waals surface area contributed by atoms with Crippen molar-refractivity contribution in [3.05, 3.63) is 0 Å². The van der Waals surface area contributed by atoms with Crippen LogP contribution in [0.4, 0.5) is 0 Å². The molecule has 0 aliphatic heterocycles. The quantitative estimate of drug-likeness (QED) is 0.385. The maximum Gasteiger partial charge on any atom is 0.210 e. The van der Waals surface area contributed by atoms with Gasteiger partial charge in [0, 0.05) is 5.41 Å². The number of carbonyl (C=O) groups is 1. The van der Waals surface area contributed by atoms with Crippen molar-refractivity contribution in [2.24, 2.45) is 16.7 Å². The van der Waals surface area contributed by atoms with Crippen molar-refractivity contribution in [1.29, 1.82) is 5.26 Å². The van der Waals surface area contributed by atoms with E-state index < -0.39 is 15.7 Å². The molecule has 0 aromatic heterocycles. The second kappa shape index (κ2) is 4.53. The summed E-state index contributed by atoms with van der Waals surface area (Å²) in [5.41, 5.74) is -0.915. The van der Waals surface area contributed by atoms with Gasteiger partial charge in [-0.25, -0.2) is 0 Å². The van der Waals surface area contributed by atoms with E-state index in [1.165, 1.54) is 6.42 Å². The Bertz CT molecular complexity index is 502. The summed E-state index contributed by atoms with van der Waals surface area (Å²) in [7, 11) is 0. The molecule has 2 fully saturated rings. The number of hydrogen-bond donors (Lipinski definition) is 0. The van der Waals surface area contributed by atoms with Crippen LogP contribution in [0.2, 0.25) is 0 Å². The van der Waals surface area contributed by atoms with Crippen molar-refractivity contribution in [2.45, 2.75) is 57.7 Å². The number of rotatable bonds is 0. The second-order valence-corrected chi connectivity index (χ2v) is 7.51. The van der Waals surface area contributed by atoms with E-state index in [-0.39, 0.29) is 5.78 Å². The first-order valence-electron chi connectivity index (χ1n) is 6.93. The van der Waals surface area contributed by atoms with Gasteiger partial charge in [0.05, 0.1) is 11.5 Å². The minimum absolute atomic E-state index is 0.0740. The molecule has 0 aromatic rings. The van der Waals surface area contributed by atoms with Gasteiger partial charge >= 0.3 is 0 Å². The molecule has 2 nitrogen and oxygen atoms in total. The van der Waals surface area contributed by atoms with Gasteiger partial charge < -0.3 is 0 Å². The normalized spacial score (nSPS) is 37.1. The number of fused-ring (bicyclic) bond motifs is 1. The maximum absolute atomic E-state index is 12.0. The number of halogens is 1. The van der Waals surface area contributed by atoms with Gasteiger partial charge in [-0.15, -0.1) is 11.6 Å². The Morgan fingerprint density at radius 2 is 2.05 bits per heavy atom. The van der Waals surface area contributed by atoms with Crippen LogP contribution in [0, 0.1) is 39.9 Å². The van der Waals surface area contributed by atoms with E-state index in [2.05, 4.69) is 17.9 Å². The molecule has 2 aliphatic rings. The van der Waals surface area contributed by atoms with Crippen LogP contribution in [0.5, 0.6) is 0 Å². The van der Waals surface area contributed by atoms with Crippen molar-refractivity contribution in [1.82, 2.24) is 0 Å². The molecule has 0 aromatic carbocycles. The third-order valence-electron chi connectivity index (χ3n) is 4.56. The number of hydrogen-bond acceptors (Lipinski definition) is 2. The van der Waals surface area contributed by atoms with Crippen LogP contribution < -0.4 is 0 Å². The lowest BCUT2D eigenvalue weighted by Crippen LogP contribution is -2.60. The highest BCUT2D eigenvalue weighted by Gasteiger charge is 2.65. The summed E-state index contributed by atoms with van der Waals surface area (Å²) in [5.74, 6) is 6.22.